The third-order valence-corrected chi connectivity index (χ3v) is 2.10. The molecule has 78 valence electrons. The molecule has 1 aromatic heterocycles. The molecule has 5 heteroatoms. The van der Waals surface area contributed by atoms with E-state index in [-0.39, 0.29) is 12.4 Å². The first kappa shape index (κ1) is 9.79. The van der Waals surface area contributed by atoms with Crippen LogP contribution >= 0.6 is 0 Å². The summed E-state index contributed by atoms with van der Waals surface area (Å²) in [5.74, 6) is 0.695. The monoisotopic (exact) mass is 206 g/mol. The Balaban J connectivity index is 2.54. The lowest BCUT2D eigenvalue weighted by atomic mass is 10.2. The Bertz CT molecular complexity index is 478. The lowest BCUT2D eigenvalue weighted by molar-refractivity contribution is 0.627. The Labute approximate surface area is 86.6 Å². The highest BCUT2D eigenvalue weighted by molar-refractivity contribution is 5.55. The molecule has 1 aromatic carbocycles. The molecule has 0 radical (unpaired) electrons. The standard InChI is InChI=1S/C10H11FN4/c1-15-10(13-9(6-12)14-15)7-4-2-3-5-8(7)11/h2-5H,6,12H2,1H3. The van der Waals surface area contributed by atoms with Crippen LogP contribution in [0.1, 0.15) is 5.82 Å². The van der Waals surface area contributed by atoms with Gasteiger partial charge >= 0.3 is 0 Å². The summed E-state index contributed by atoms with van der Waals surface area (Å²) in [5.41, 5.74) is 5.85. The van der Waals surface area contributed by atoms with Crippen LogP contribution < -0.4 is 5.73 Å². The SMILES string of the molecule is Cn1nc(CN)nc1-c1ccccc1F. The molecule has 0 aliphatic heterocycles. The number of nitrogens with two attached hydrogens (primary N) is 1. The van der Waals surface area contributed by atoms with Gasteiger partial charge in [0.05, 0.1) is 12.1 Å². The van der Waals surface area contributed by atoms with E-state index in [4.69, 9.17) is 5.73 Å². The van der Waals surface area contributed by atoms with Gasteiger partial charge in [0.15, 0.2) is 11.6 Å². The van der Waals surface area contributed by atoms with Crippen LogP contribution in [-0.4, -0.2) is 14.8 Å². The summed E-state index contributed by atoms with van der Waals surface area (Å²) in [6.07, 6.45) is 0. The number of aromatic nitrogens is 3. The zero-order valence-electron chi connectivity index (χ0n) is 8.31. The summed E-state index contributed by atoms with van der Waals surface area (Å²) in [5, 5.41) is 4.06. The summed E-state index contributed by atoms with van der Waals surface area (Å²) >= 11 is 0. The molecule has 0 atom stereocenters. The van der Waals surface area contributed by atoms with Crippen molar-refractivity contribution < 1.29 is 4.39 Å². The van der Waals surface area contributed by atoms with Crippen LogP contribution in [0.4, 0.5) is 4.39 Å². The van der Waals surface area contributed by atoms with Gasteiger partial charge in [0.1, 0.15) is 5.82 Å². The van der Waals surface area contributed by atoms with Crippen LogP contribution in [0.5, 0.6) is 0 Å². The van der Waals surface area contributed by atoms with E-state index in [0.29, 0.717) is 17.2 Å². The van der Waals surface area contributed by atoms with Crippen LogP contribution in [0.25, 0.3) is 11.4 Å². The van der Waals surface area contributed by atoms with Crippen molar-refractivity contribution in [1.82, 2.24) is 14.8 Å². The topological polar surface area (TPSA) is 56.7 Å². The molecule has 0 aliphatic carbocycles. The molecule has 2 N–H and O–H groups in total. The highest BCUT2D eigenvalue weighted by atomic mass is 19.1. The Morgan fingerprint density at radius 2 is 2.13 bits per heavy atom. The lowest BCUT2D eigenvalue weighted by Gasteiger charge is -2.00. The third-order valence-electron chi connectivity index (χ3n) is 2.10. The fourth-order valence-corrected chi connectivity index (χ4v) is 1.40. The summed E-state index contributed by atoms with van der Waals surface area (Å²) < 4.78 is 15.0. The fourth-order valence-electron chi connectivity index (χ4n) is 1.40. The number of rotatable bonds is 2. The minimum atomic E-state index is -0.309. The molecule has 2 aromatic rings. The predicted octanol–water partition coefficient (Wildman–Crippen LogP) is 1.08. The maximum absolute atomic E-state index is 13.5. The molecule has 0 unspecified atom stereocenters. The minimum absolute atomic E-state index is 0.252. The van der Waals surface area contributed by atoms with E-state index in [1.165, 1.54) is 10.7 Å². The Kier molecular flexibility index (Phi) is 2.47. The van der Waals surface area contributed by atoms with Crippen LogP contribution in [0.3, 0.4) is 0 Å². The Hall–Kier alpha value is -1.75. The summed E-state index contributed by atoms with van der Waals surface area (Å²) in [6.45, 7) is 0.252. The van der Waals surface area contributed by atoms with E-state index < -0.39 is 0 Å². The first-order valence-electron chi connectivity index (χ1n) is 4.57. The van der Waals surface area contributed by atoms with Gasteiger partial charge in [-0.2, -0.15) is 5.10 Å². The van der Waals surface area contributed by atoms with Crippen LogP contribution in [0.15, 0.2) is 24.3 Å². The fraction of sp³-hybridized carbons (Fsp3) is 0.200. The first-order valence-corrected chi connectivity index (χ1v) is 4.57. The summed E-state index contributed by atoms with van der Waals surface area (Å²) in [6, 6.07) is 6.46. The number of aryl methyl sites for hydroxylation is 1. The Morgan fingerprint density at radius 1 is 1.40 bits per heavy atom. The van der Waals surface area contributed by atoms with E-state index in [9.17, 15) is 4.39 Å². The summed E-state index contributed by atoms with van der Waals surface area (Å²) in [4.78, 5) is 4.15. The number of hydrogen-bond donors (Lipinski definition) is 1. The van der Waals surface area contributed by atoms with Crippen molar-refractivity contribution in [2.24, 2.45) is 12.8 Å². The zero-order chi connectivity index (χ0) is 10.8. The second kappa shape index (κ2) is 3.78. The number of hydrogen-bond acceptors (Lipinski definition) is 3. The number of halogens is 1. The number of benzene rings is 1. The van der Waals surface area contributed by atoms with E-state index >= 15 is 0 Å². The van der Waals surface area contributed by atoms with Crippen molar-refractivity contribution in [3.63, 3.8) is 0 Å². The van der Waals surface area contributed by atoms with E-state index in [0.717, 1.165) is 0 Å². The molecular formula is C10H11FN4. The quantitative estimate of drug-likeness (QED) is 0.799. The average Bonchev–Trinajstić information content (AvgIpc) is 2.60. The normalized spacial score (nSPS) is 10.6. The molecule has 4 nitrogen and oxygen atoms in total. The van der Waals surface area contributed by atoms with Crippen molar-refractivity contribution in [3.05, 3.63) is 35.9 Å². The molecule has 0 spiro atoms. The molecule has 0 saturated heterocycles. The van der Waals surface area contributed by atoms with Gasteiger partial charge in [-0.05, 0) is 12.1 Å². The largest absolute Gasteiger partial charge is 0.324 e. The molecular weight excluding hydrogens is 195 g/mol. The first-order chi connectivity index (χ1) is 7.22. The van der Waals surface area contributed by atoms with Crippen molar-refractivity contribution >= 4 is 0 Å². The minimum Gasteiger partial charge on any atom is -0.324 e. The van der Waals surface area contributed by atoms with Gasteiger partial charge in [0.25, 0.3) is 0 Å². The molecule has 0 aliphatic rings. The van der Waals surface area contributed by atoms with Crippen molar-refractivity contribution in [2.45, 2.75) is 6.54 Å². The second-order valence-electron chi connectivity index (χ2n) is 3.16. The van der Waals surface area contributed by atoms with Crippen LogP contribution in [0.2, 0.25) is 0 Å². The second-order valence-corrected chi connectivity index (χ2v) is 3.16. The van der Waals surface area contributed by atoms with E-state index in [2.05, 4.69) is 10.1 Å². The molecule has 2 rings (SSSR count). The van der Waals surface area contributed by atoms with Crippen molar-refractivity contribution in [3.8, 4) is 11.4 Å². The van der Waals surface area contributed by atoms with Crippen LogP contribution in [0, 0.1) is 5.82 Å². The smallest absolute Gasteiger partial charge is 0.164 e. The molecule has 0 saturated carbocycles. The van der Waals surface area contributed by atoms with Gasteiger partial charge in [-0.15, -0.1) is 0 Å². The van der Waals surface area contributed by atoms with E-state index in [1.54, 1.807) is 25.2 Å². The van der Waals surface area contributed by atoms with Crippen molar-refractivity contribution in [1.29, 1.82) is 0 Å². The lowest BCUT2D eigenvalue weighted by Crippen LogP contribution is -1.99. The van der Waals surface area contributed by atoms with E-state index in [1.807, 2.05) is 0 Å². The van der Waals surface area contributed by atoms with Gasteiger partial charge < -0.3 is 5.73 Å². The van der Waals surface area contributed by atoms with Gasteiger partial charge in [-0.3, -0.25) is 0 Å². The molecule has 0 amide bonds. The van der Waals surface area contributed by atoms with Gasteiger partial charge in [0.2, 0.25) is 0 Å². The van der Waals surface area contributed by atoms with Crippen molar-refractivity contribution in [2.75, 3.05) is 0 Å². The average molecular weight is 206 g/mol. The third kappa shape index (κ3) is 1.73. The molecule has 15 heavy (non-hydrogen) atoms. The van der Waals surface area contributed by atoms with Gasteiger partial charge in [-0.25, -0.2) is 14.1 Å². The van der Waals surface area contributed by atoms with Gasteiger partial charge in [-0.1, -0.05) is 12.1 Å². The molecule has 1 heterocycles. The van der Waals surface area contributed by atoms with Crippen LogP contribution in [-0.2, 0) is 13.6 Å². The maximum Gasteiger partial charge on any atom is 0.164 e. The predicted molar refractivity (Wildman–Crippen MR) is 54.3 cm³/mol. The highest BCUT2D eigenvalue weighted by Gasteiger charge is 2.11. The molecule has 0 bridgehead atoms. The maximum atomic E-state index is 13.5. The number of nitrogens with zero attached hydrogens (tertiary/aromatic N) is 3. The Morgan fingerprint density at radius 3 is 2.73 bits per heavy atom. The zero-order valence-corrected chi connectivity index (χ0v) is 8.31. The van der Waals surface area contributed by atoms with Gasteiger partial charge in [0, 0.05) is 7.05 Å². The summed E-state index contributed by atoms with van der Waals surface area (Å²) in [7, 11) is 1.72. The molecule has 0 fully saturated rings. The highest BCUT2D eigenvalue weighted by Crippen LogP contribution is 2.19.